The number of amides is 2. The molecule has 10 nitrogen and oxygen atoms in total. The van der Waals surface area contributed by atoms with Crippen LogP contribution < -0.4 is 10.6 Å². The van der Waals surface area contributed by atoms with Gasteiger partial charge in [-0.2, -0.15) is 0 Å². The average Bonchev–Trinajstić information content (AvgIpc) is 3.29. The van der Waals surface area contributed by atoms with Gasteiger partial charge in [0.2, 0.25) is 11.9 Å². The standard InChI is InChI=1S/C28H30ClFN6O4/c1-15-3-4-22(30)19(9-15)24(14-37)34-26(38)16(2)36-13-23-20(27(36)39)10-17(11-31-23)25-21(29)12-32-28(35-25)33-18-5-7-40-8-6-18/h3-4,9-12,16,18,24,37H,5-8,13-14H2,1-2H3,(H,34,38)(H,32,33,35)/t16-,24-/m1/s1. The zero-order valence-electron chi connectivity index (χ0n) is 22.2. The number of carbonyl (C=O) groups excluding carboxylic acids is 2. The number of nitrogens with zero attached hydrogens (tertiary/aromatic N) is 4. The summed E-state index contributed by atoms with van der Waals surface area (Å²) in [6.45, 7) is 4.34. The van der Waals surface area contributed by atoms with E-state index in [1.165, 1.54) is 17.2 Å². The van der Waals surface area contributed by atoms with E-state index in [0.29, 0.717) is 46.7 Å². The van der Waals surface area contributed by atoms with Crippen LogP contribution in [-0.4, -0.2) is 68.7 Å². The maximum atomic E-state index is 14.4. The molecule has 40 heavy (non-hydrogen) atoms. The molecule has 0 radical (unpaired) electrons. The van der Waals surface area contributed by atoms with Crippen molar-refractivity contribution in [2.45, 2.75) is 51.4 Å². The van der Waals surface area contributed by atoms with Gasteiger partial charge in [-0.3, -0.25) is 14.6 Å². The summed E-state index contributed by atoms with van der Waals surface area (Å²) in [4.78, 5) is 41.2. The van der Waals surface area contributed by atoms with Gasteiger partial charge in [0, 0.05) is 36.6 Å². The number of aliphatic hydroxyl groups excluding tert-OH is 1. The van der Waals surface area contributed by atoms with Crippen LogP contribution in [0, 0.1) is 12.7 Å². The molecule has 3 aromatic rings. The van der Waals surface area contributed by atoms with Crippen molar-refractivity contribution in [2.75, 3.05) is 25.1 Å². The lowest BCUT2D eigenvalue weighted by Crippen LogP contribution is -2.47. The Morgan fingerprint density at radius 1 is 1.25 bits per heavy atom. The van der Waals surface area contributed by atoms with Crippen molar-refractivity contribution in [3.05, 3.63) is 69.9 Å². The first-order valence-corrected chi connectivity index (χ1v) is 13.5. The van der Waals surface area contributed by atoms with Crippen molar-refractivity contribution >= 4 is 29.4 Å². The second-order valence-corrected chi connectivity index (χ2v) is 10.4. The second kappa shape index (κ2) is 11.8. The molecular formula is C28H30ClFN6O4. The molecule has 3 N–H and O–H groups in total. The number of rotatable bonds is 8. The summed E-state index contributed by atoms with van der Waals surface area (Å²) in [5.41, 5.74) is 2.81. The predicted octanol–water partition coefficient (Wildman–Crippen LogP) is 3.42. The van der Waals surface area contributed by atoms with E-state index in [1.54, 1.807) is 38.2 Å². The minimum Gasteiger partial charge on any atom is -0.394 e. The highest BCUT2D eigenvalue weighted by atomic mass is 35.5. The Morgan fingerprint density at radius 3 is 2.77 bits per heavy atom. The molecule has 2 atom stereocenters. The minimum absolute atomic E-state index is 0.125. The highest BCUT2D eigenvalue weighted by Crippen LogP contribution is 2.31. The SMILES string of the molecule is Cc1ccc(F)c([C@@H](CO)NC(=O)[C@@H](C)N2Cc3ncc(-c4nc(NC5CCOCC5)ncc4Cl)cc3C2=O)c1. The summed E-state index contributed by atoms with van der Waals surface area (Å²) in [6.07, 6.45) is 4.79. The number of aliphatic hydroxyl groups is 1. The van der Waals surface area contributed by atoms with Gasteiger partial charge in [-0.1, -0.05) is 29.3 Å². The molecule has 12 heteroatoms. The van der Waals surface area contributed by atoms with Crippen LogP contribution in [-0.2, 0) is 16.1 Å². The number of halogens is 2. The predicted molar refractivity (Wildman–Crippen MR) is 146 cm³/mol. The molecule has 210 valence electrons. The molecule has 4 heterocycles. The summed E-state index contributed by atoms with van der Waals surface area (Å²) in [5.74, 6) is -1.01. The van der Waals surface area contributed by atoms with E-state index < -0.39 is 30.4 Å². The van der Waals surface area contributed by atoms with Crippen LogP contribution in [0.2, 0.25) is 5.02 Å². The fraction of sp³-hybridized carbons (Fsp3) is 0.393. The van der Waals surface area contributed by atoms with Gasteiger partial charge in [-0.15, -0.1) is 0 Å². The molecule has 5 rings (SSSR count). The molecule has 2 aliphatic heterocycles. The number of aryl methyl sites for hydroxylation is 1. The molecule has 0 unspecified atom stereocenters. The van der Waals surface area contributed by atoms with E-state index in [1.807, 2.05) is 0 Å². The smallest absolute Gasteiger partial charge is 0.256 e. The molecule has 2 aliphatic rings. The number of ether oxygens (including phenoxy) is 1. The Labute approximate surface area is 235 Å². The lowest BCUT2D eigenvalue weighted by atomic mass is 10.0. The maximum absolute atomic E-state index is 14.4. The van der Waals surface area contributed by atoms with E-state index in [4.69, 9.17) is 16.3 Å². The molecule has 1 saturated heterocycles. The van der Waals surface area contributed by atoms with E-state index in [0.717, 1.165) is 18.4 Å². The maximum Gasteiger partial charge on any atom is 0.256 e. The number of aromatic nitrogens is 3. The molecule has 2 amide bonds. The van der Waals surface area contributed by atoms with Crippen molar-refractivity contribution in [1.29, 1.82) is 0 Å². The highest BCUT2D eigenvalue weighted by Gasteiger charge is 2.36. The first kappa shape index (κ1) is 27.9. The summed E-state index contributed by atoms with van der Waals surface area (Å²) in [7, 11) is 0. The Balaban J connectivity index is 1.31. The number of benzene rings is 1. The van der Waals surface area contributed by atoms with Crippen LogP contribution in [0.25, 0.3) is 11.3 Å². The van der Waals surface area contributed by atoms with Crippen LogP contribution in [0.1, 0.15) is 53.0 Å². The molecule has 1 aromatic carbocycles. The molecule has 0 saturated carbocycles. The first-order chi connectivity index (χ1) is 19.2. The molecular weight excluding hydrogens is 539 g/mol. The molecule has 0 bridgehead atoms. The van der Waals surface area contributed by atoms with E-state index in [-0.39, 0.29) is 24.1 Å². The van der Waals surface area contributed by atoms with Crippen molar-refractivity contribution in [1.82, 2.24) is 25.2 Å². The highest BCUT2D eigenvalue weighted by molar-refractivity contribution is 6.33. The van der Waals surface area contributed by atoms with Gasteiger partial charge in [0.25, 0.3) is 5.91 Å². The molecule has 1 fully saturated rings. The number of hydrogen-bond donors (Lipinski definition) is 3. The van der Waals surface area contributed by atoms with Gasteiger partial charge in [0.05, 0.1) is 47.4 Å². The minimum atomic E-state index is -0.955. The molecule has 0 spiro atoms. The van der Waals surface area contributed by atoms with Gasteiger partial charge < -0.3 is 25.4 Å². The lowest BCUT2D eigenvalue weighted by Gasteiger charge is -2.26. The van der Waals surface area contributed by atoms with Crippen LogP contribution >= 0.6 is 11.6 Å². The van der Waals surface area contributed by atoms with Crippen molar-refractivity contribution in [3.63, 3.8) is 0 Å². The zero-order valence-corrected chi connectivity index (χ0v) is 22.9. The van der Waals surface area contributed by atoms with Gasteiger partial charge in [-0.25, -0.2) is 14.4 Å². The quantitative estimate of drug-likeness (QED) is 0.377. The first-order valence-electron chi connectivity index (χ1n) is 13.1. The zero-order chi connectivity index (χ0) is 28.4. The van der Waals surface area contributed by atoms with Crippen molar-refractivity contribution < 1.29 is 23.8 Å². The third-order valence-corrected chi connectivity index (χ3v) is 7.50. The number of anilines is 1. The monoisotopic (exact) mass is 568 g/mol. The third-order valence-electron chi connectivity index (χ3n) is 7.23. The van der Waals surface area contributed by atoms with Crippen LogP contribution in [0.4, 0.5) is 10.3 Å². The fourth-order valence-corrected chi connectivity index (χ4v) is 5.08. The number of nitrogens with one attached hydrogen (secondary N) is 2. The van der Waals surface area contributed by atoms with Gasteiger partial charge >= 0.3 is 0 Å². The lowest BCUT2D eigenvalue weighted by molar-refractivity contribution is -0.126. The number of fused-ring (bicyclic) bond motifs is 1. The normalized spacial score (nSPS) is 16.9. The summed E-state index contributed by atoms with van der Waals surface area (Å²) in [6, 6.07) is 4.48. The van der Waals surface area contributed by atoms with Crippen LogP contribution in [0.3, 0.4) is 0 Å². The summed E-state index contributed by atoms with van der Waals surface area (Å²) < 4.78 is 19.8. The summed E-state index contributed by atoms with van der Waals surface area (Å²) >= 11 is 6.42. The molecule has 2 aromatic heterocycles. The largest absolute Gasteiger partial charge is 0.394 e. The van der Waals surface area contributed by atoms with Gasteiger partial charge in [0.1, 0.15) is 11.9 Å². The number of carbonyl (C=O) groups is 2. The van der Waals surface area contributed by atoms with Crippen molar-refractivity contribution in [2.24, 2.45) is 0 Å². The third kappa shape index (κ3) is 5.77. The Bertz CT molecular complexity index is 1430. The Morgan fingerprint density at radius 2 is 2.02 bits per heavy atom. The second-order valence-electron chi connectivity index (χ2n) is 10.0. The van der Waals surface area contributed by atoms with Crippen molar-refractivity contribution in [3.8, 4) is 11.3 Å². The van der Waals surface area contributed by atoms with E-state index in [2.05, 4.69) is 25.6 Å². The topological polar surface area (TPSA) is 130 Å². The van der Waals surface area contributed by atoms with E-state index >= 15 is 0 Å². The van der Waals surface area contributed by atoms with Crippen LogP contribution in [0.15, 0.2) is 36.7 Å². The number of pyridine rings is 1. The van der Waals surface area contributed by atoms with Gasteiger partial charge in [0.15, 0.2) is 0 Å². The summed E-state index contributed by atoms with van der Waals surface area (Å²) in [5, 5.41) is 16.1. The van der Waals surface area contributed by atoms with Crippen LogP contribution in [0.5, 0.6) is 0 Å². The number of hydrogen-bond acceptors (Lipinski definition) is 8. The molecule has 0 aliphatic carbocycles. The van der Waals surface area contributed by atoms with Gasteiger partial charge in [-0.05, 0) is 38.8 Å². The average molecular weight is 569 g/mol. The van der Waals surface area contributed by atoms with E-state index in [9.17, 15) is 19.1 Å². The fourth-order valence-electron chi connectivity index (χ4n) is 4.88. The Hall–Kier alpha value is -3.67. The Kier molecular flexibility index (Phi) is 8.24.